The van der Waals surface area contributed by atoms with Crippen LogP contribution < -0.4 is 5.32 Å². The van der Waals surface area contributed by atoms with E-state index in [0.717, 1.165) is 25.4 Å². The molecule has 0 saturated carbocycles. The molecule has 2 rings (SSSR count). The van der Waals surface area contributed by atoms with Gasteiger partial charge in [-0.15, -0.1) is 0 Å². The van der Waals surface area contributed by atoms with Crippen molar-refractivity contribution in [1.82, 2.24) is 20.0 Å². The summed E-state index contributed by atoms with van der Waals surface area (Å²) in [7, 11) is 1.97. The molecule has 4 nitrogen and oxygen atoms in total. The number of rotatable bonds is 6. The van der Waals surface area contributed by atoms with Gasteiger partial charge in [-0.2, -0.15) is 5.10 Å². The highest BCUT2D eigenvalue weighted by Gasteiger charge is 2.20. The van der Waals surface area contributed by atoms with Crippen molar-refractivity contribution in [2.45, 2.75) is 19.8 Å². The summed E-state index contributed by atoms with van der Waals surface area (Å²) in [5.74, 6) is 0.851. The molecule has 1 fully saturated rings. The molecule has 0 spiro atoms. The first-order chi connectivity index (χ1) is 8.28. The summed E-state index contributed by atoms with van der Waals surface area (Å²) in [4.78, 5) is 2.54. The zero-order chi connectivity index (χ0) is 12.1. The lowest BCUT2D eigenvalue weighted by Crippen LogP contribution is -2.27. The molecule has 0 radical (unpaired) electrons. The van der Waals surface area contributed by atoms with Crippen LogP contribution in [-0.2, 0) is 13.5 Å². The van der Waals surface area contributed by atoms with E-state index in [1.807, 2.05) is 17.9 Å². The van der Waals surface area contributed by atoms with Crippen LogP contribution in [0.3, 0.4) is 0 Å². The maximum Gasteiger partial charge on any atom is 0.0522 e. The standard InChI is InChI=1S/C13H24N4/c1-3-17-7-5-13(11-17)8-14-6-4-12-9-15-16(2)10-12/h9-10,13-14H,3-8,11H2,1-2H3. The lowest BCUT2D eigenvalue weighted by Gasteiger charge is -2.13. The van der Waals surface area contributed by atoms with E-state index in [2.05, 4.69) is 28.4 Å². The summed E-state index contributed by atoms with van der Waals surface area (Å²) >= 11 is 0. The van der Waals surface area contributed by atoms with Gasteiger partial charge in [-0.1, -0.05) is 6.92 Å². The molecular weight excluding hydrogens is 212 g/mol. The predicted molar refractivity (Wildman–Crippen MR) is 70.0 cm³/mol. The number of nitrogens with one attached hydrogen (secondary N) is 1. The molecule has 1 aliphatic heterocycles. The highest BCUT2D eigenvalue weighted by atomic mass is 15.2. The SMILES string of the molecule is CCN1CCC(CNCCc2cnn(C)c2)C1. The van der Waals surface area contributed by atoms with Crippen LogP contribution >= 0.6 is 0 Å². The Kier molecular flexibility index (Phi) is 4.57. The predicted octanol–water partition coefficient (Wildman–Crippen LogP) is 0.894. The van der Waals surface area contributed by atoms with Gasteiger partial charge in [0.1, 0.15) is 0 Å². The van der Waals surface area contributed by atoms with Crippen LogP contribution in [0, 0.1) is 5.92 Å². The third-order valence-electron chi connectivity index (χ3n) is 3.60. The van der Waals surface area contributed by atoms with E-state index in [9.17, 15) is 0 Å². The van der Waals surface area contributed by atoms with Crippen molar-refractivity contribution in [3.05, 3.63) is 18.0 Å². The number of likely N-dealkylation sites (tertiary alicyclic amines) is 1. The Labute approximate surface area is 104 Å². The fourth-order valence-electron chi connectivity index (χ4n) is 2.51. The molecule has 0 amide bonds. The van der Waals surface area contributed by atoms with Gasteiger partial charge >= 0.3 is 0 Å². The fraction of sp³-hybridized carbons (Fsp3) is 0.769. The molecule has 1 N–H and O–H groups in total. The summed E-state index contributed by atoms with van der Waals surface area (Å²) < 4.78 is 1.87. The molecule has 0 aromatic carbocycles. The maximum absolute atomic E-state index is 4.18. The Morgan fingerprint density at radius 1 is 1.53 bits per heavy atom. The van der Waals surface area contributed by atoms with Crippen LogP contribution in [0.1, 0.15) is 18.9 Å². The molecule has 0 aliphatic carbocycles. The minimum Gasteiger partial charge on any atom is -0.316 e. The molecule has 4 heteroatoms. The normalized spacial score (nSPS) is 21.2. The second-order valence-corrected chi connectivity index (χ2v) is 5.02. The van der Waals surface area contributed by atoms with Crippen LogP contribution in [-0.4, -0.2) is 47.4 Å². The molecule has 96 valence electrons. The fourth-order valence-corrected chi connectivity index (χ4v) is 2.51. The monoisotopic (exact) mass is 236 g/mol. The van der Waals surface area contributed by atoms with Gasteiger partial charge in [-0.25, -0.2) is 0 Å². The third kappa shape index (κ3) is 3.82. The van der Waals surface area contributed by atoms with Crippen LogP contribution in [0.2, 0.25) is 0 Å². The molecule has 1 atom stereocenters. The number of aromatic nitrogens is 2. The minimum atomic E-state index is 0.851. The van der Waals surface area contributed by atoms with Gasteiger partial charge in [-0.05, 0) is 50.5 Å². The van der Waals surface area contributed by atoms with Gasteiger partial charge in [0.2, 0.25) is 0 Å². The van der Waals surface area contributed by atoms with Crippen LogP contribution in [0.15, 0.2) is 12.4 Å². The Hall–Kier alpha value is -0.870. The van der Waals surface area contributed by atoms with E-state index in [1.165, 1.54) is 31.6 Å². The van der Waals surface area contributed by atoms with E-state index < -0.39 is 0 Å². The number of nitrogens with zero attached hydrogens (tertiary/aromatic N) is 3. The summed E-state index contributed by atoms with van der Waals surface area (Å²) in [6.45, 7) is 8.23. The summed E-state index contributed by atoms with van der Waals surface area (Å²) in [6, 6.07) is 0. The zero-order valence-electron chi connectivity index (χ0n) is 11.0. The number of hydrogen-bond donors (Lipinski definition) is 1. The smallest absolute Gasteiger partial charge is 0.0522 e. The number of hydrogen-bond acceptors (Lipinski definition) is 3. The average Bonchev–Trinajstić information content (AvgIpc) is 2.93. The van der Waals surface area contributed by atoms with E-state index in [4.69, 9.17) is 0 Å². The Morgan fingerprint density at radius 2 is 2.41 bits per heavy atom. The van der Waals surface area contributed by atoms with Crippen LogP contribution in [0.25, 0.3) is 0 Å². The summed E-state index contributed by atoms with van der Waals surface area (Å²) in [5, 5.41) is 7.74. The van der Waals surface area contributed by atoms with Crippen LogP contribution in [0.4, 0.5) is 0 Å². The molecular formula is C13H24N4. The van der Waals surface area contributed by atoms with Crippen molar-refractivity contribution >= 4 is 0 Å². The van der Waals surface area contributed by atoms with Gasteiger partial charge in [0.15, 0.2) is 0 Å². The van der Waals surface area contributed by atoms with Gasteiger partial charge < -0.3 is 10.2 Å². The Balaban J connectivity index is 1.57. The quantitative estimate of drug-likeness (QED) is 0.745. The Morgan fingerprint density at radius 3 is 3.06 bits per heavy atom. The highest BCUT2D eigenvalue weighted by molar-refractivity contribution is 5.03. The molecule has 0 bridgehead atoms. The summed E-state index contributed by atoms with van der Waals surface area (Å²) in [6.07, 6.45) is 6.48. The lowest BCUT2D eigenvalue weighted by atomic mass is 10.1. The molecule has 1 saturated heterocycles. The molecule has 1 aliphatic rings. The van der Waals surface area contributed by atoms with E-state index in [0.29, 0.717) is 0 Å². The van der Waals surface area contributed by atoms with E-state index >= 15 is 0 Å². The van der Waals surface area contributed by atoms with Crippen molar-refractivity contribution in [3.63, 3.8) is 0 Å². The van der Waals surface area contributed by atoms with Crippen molar-refractivity contribution in [1.29, 1.82) is 0 Å². The van der Waals surface area contributed by atoms with Crippen molar-refractivity contribution in [3.8, 4) is 0 Å². The first-order valence-corrected chi connectivity index (χ1v) is 6.68. The van der Waals surface area contributed by atoms with Crippen molar-refractivity contribution in [2.75, 3.05) is 32.7 Å². The van der Waals surface area contributed by atoms with Gasteiger partial charge in [-0.3, -0.25) is 4.68 Å². The van der Waals surface area contributed by atoms with Crippen LogP contribution in [0.5, 0.6) is 0 Å². The second-order valence-electron chi connectivity index (χ2n) is 5.02. The largest absolute Gasteiger partial charge is 0.316 e. The molecule has 1 aromatic rings. The Bertz CT molecular complexity index is 334. The molecule has 1 unspecified atom stereocenters. The van der Waals surface area contributed by atoms with E-state index in [1.54, 1.807) is 0 Å². The lowest BCUT2D eigenvalue weighted by molar-refractivity contribution is 0.339. The topological polar surface area (TPSA) is 33.1 Å². The molecule has 17 heavy (non-hydrogen) atoms. The van der Waals surface area contributed by atoms with Crippen molar-refractivity contribution in [2.24, 2.45) is 13.0 Å². The summed E-state index contributed by atoms with van der Waals surface area (Å²) in [5.41, 5.74) is 1.32. The molecule has 2 heterocycles. The van der Waals surface area contributed by atoms with Gasteiger partial charge in [0.25, 0.3) is 0 Å². The average molecular weight is 236 g/mol. The highest BCUT2D eigenvalue weighted by Crippen LogP contribution is 2.14. The molecule has 1 aromatic heterocycles. The zero-order valence-corrected chi connectivity index (χ0v) is 11.0. The third-order valence-corrected chi connectivity index (χ3v) is 3.60. The first-order valence-electron chi connectivity index (χ1n) is 6.68. The maximum atomic E-state index is 4.18. The second kappa shape index (κ2) is 6.17. The first kappa shape index (κ1) is 12.6. The number of aryl methyl sites for hydroxylation is 1. The van der Waals surface area contributed by atoms with E-state index in [-0.39, 0.29) is 0 Å². The van der Waals surface area contributed by atoms with Gasteiger partial charge in [0, 0.05) is 19.8 Å². The minimum absolute atomic E-state index is 0.851. The van der Waals surface area contributed by atoms with Gasteiger partial charge in [0.05, 0.1) is 6.20 Å². The van der Waals surface area contributed by atoms with Crippen molar-refractivity contribution < 1.29 is 0 Å².